The Morgan fingerprint density at radius 1 is 1.15 bits per heavy atom. The van der Waals surface area contributed by atoms with Gasteiger partial charge in [0.15, 0.2) is 0 Å². The number of aliphatic imine (C=N–C) groups is 1. The molecule has 1 amide bonds. The van der Waals surface area contributed by atoms with E-state index in [9.17, 15) is 14.0 Å². The summed E-state index contributed by atoms with van der Waals surface area (Å²) in [5.74, 6) is -1.52. The van der Waals surface area contributed by atoms with Crippen molar-refractivity contribution >= 4 is 35.3 Å². The highest BCUT2D eigenvalue weighted by molar-refractivity contribution is 5.93. The van der Waals surface area contributed by atoms with Crippen molar-refractivity contribution < 1.29 is 37.0 Å². The highest BCUT2D eigenvalue weighted by atomic mass is 19.1. The summed E-state index contributed by atoms with van der Waals surface area (Å²) < 4.78 is 51.2. The van der Waals surface area contributed by atoms with E-state index in [1.54, 1.807) is 52.8 Å². The Morgan fingerprint density at radius 3 is 2.56 bits per heavy atom. The minimum atomic E-state index is -0.660. The van der Waals surface area contributed by atoms with Gasteiger partial charge in [0.2, 0.25) is 0 Å². The van der Waals surface area contributed by atoms with Gasteiger partial charge in [0, 0.05) is 22.8 Å². The molecular weight excluding hydrogens is 534 g/mol. The van der Waals surface area contributed by atoms with Gasteiger partial charge in [-0.25, -0.2) is 13.6 Å². The van der Waals surface area contributed by atoms with Gasteiger partial charge < -0.3 is 23.9 Å². The van der Waals surface area contributed by atoms with Crippen LogP contribution in [0, 0.1) is 11.6 Å². The van der Waals surface area contributed by atoms with Crippen molar-refractivity contribution in [1.82, 2.24) is 5.32 Å². The fourth-order valence-corrected chi connectivity index (χ4v) is 3.94. The van der Waals surface area contributed by atoms with Crippen LogP contribution in [0.15, 0.2) is 63.9 Å². The first-order chi connectivity index (χ1) is 19.4. The number of carbonyl (C=O) groups excluding carboxylic acids is 2. The van der Waals surface area contributed by atoms with E-state index < -0.39 is 29.3 Å². The van der Waals surface area contributed by atoms with Gasteiger partial charge in [0.05, 0.1) is 36.9 Å². The molecule has 2 aromatic carbocycles. The zero-order chi connectivity index (χ0) is 30.2. The third-order valence-corrected chi connectivity index (χ3v) is 5.76. The molecule has 0 fully saturated rings. The number of halogens is 2. The maximum atomic E-state index is 15.5. The Morgan fingerprint density at radius 2 is 1.90 bits per heavy atom. The van der Waals surface area contributed by atoms with Gasteiger partial charge in [0.25, 0.3) is 0 Å². The average Bonchev–Trinajstić information content (AvgIpc) is 3.40. The number of alkyl carbamates (subject to hydrolysis) is 1. The standard InChI is InChI=1S/C31H34F2N2O6/c1-7-19(13-23(34-6)17-35-30(37)41-31(3,4)5)25-14-21(28(33)24-11-12-39-29(24)25)18-40-26-16-22(32)10-9-20(26)15-27(36)38-8-2/h7,9-14,16H,6,8,15,17-18H2,1-5H3,(H,35,37)/b19-7+,23-13-. The first-order valence-electron chi connectivity index (χ1n) is 13.0. The lowest BCUT2D eigenvalue weighted by atomic mass is 9.98. The van der Waals surface area contributed by atoms with Crippen molar-refractivity contribution in [3.8, 4) is 5.75 Å². The Balaban J connectivity index is 1.91. The Kier molecular flexibility index (Phi) is 10.4. The second kappa shape index (κ2) is 13.7. The highest BCUT2D eigenvalue weighted by Gasteiger charge is 2.19. The topological polar surface area (TPSA) is 99.4 Å². The van der Waals surface area contributed by atoms with Crippen molar-refractivity contribution in [3.63, 3.8) is 0 Å². The molecule has 0 saturated carbocycles. The van der Waals surface area contributed by atoms with Gasteiger partial charge in [-0.3, -0.25) is 9.79 Å². The summed E-state index contributed by atoms with van der Waals surface area (Å²) in [4.78, 5) is 28.1. The number of esters is 1. The summed E-state index contributed by atoms with van der Waals surface area (Å²) >= 11 is 0. The lowest BCUT2D eigenvalue weighted by molar-refractivity contribution is -0.142. The molecule has 41 heavy (non-hydrogen) atoms. The van der Waals surface area contributed by atoms with E-state index in [1.165, 1.54) is 24.5 Å². The monoisotopic (exact) mass is 568 g/mol. The molecule has 218 valence electrons. The molecule has 1 aromatic heterocycles. The number of nitrogens with zero attached hydrogens (tertiary/aromatic N) is 1. The fourth-order valence-electron chi connectivity index (χ4n) is 3.94. The third-order valence-electron chi connectivity index (χ3n) is 5.76. The van der Waals surface area contributed by atoms with E-state index in [2.05, 4.69) is 17.0 Å². The largest absolute Gasteiger partial charge is 0.488 e. The van der Waals surface area contributed by atoms with Crippen LogP contribution in [0.25, 0.3) is 16.5 Å². The zero-order valence-corrected chi connectivity index (χ0v) is 23.8. The van der Waals surface area contributed by atoms with Gasteiger partial charge in [-0.15, -0.1) is 0 Å². The predicted octanol–water partition coefficient (Wildman–Crippen LogP) is 6.91. The predicted molar refractivity (Wildman–Crippen MR) is 153 cm³/mol. The summed E-state index contributed by atoms with van der Waals surface area (Å²) in [6.07, 6.45) is 4.11. The maximum Gasteiger partial charge on any atom is 0.407 e. The lowest BCUT2D eigenvalue weighted by Crippen LogP contribution is -2.33. The van der Waals surface area contributed by atoms with Gasteiger partial charge in [-0.2, -0.15) is 0 Å². The zero-order valence-electron chi connectivity index (χ0n) is 23.8. The number of ether oxygens (including phenoxy) is 3. The highest BCUT2D eigenvalue weighted by Crippen LogP contribution is 2.33. The molecule has 8 nitrogen and oxygen atoms in total. The maximum absolute atomic E-state index is 15.5. The van der Waals surface area contributed by atoms with E-state index >= 15 is 4.39 Å². The number of amides is 1. The normalized spacial score (nSPS) is 12.3. The van der Waals surface area contributed by atoms with Crippen LogP contribution in [0.4, 0.5) is 13.6 Å². The molecule has 0 bridgehead atoms. The molecule has 0 saturated heterocycles. The Hall–Kier alpha value is -4.47. The number of furan rings is 1. The Labute approximate surface area is 237 Å². The minimum absolute atomic E-state index is 0.0387. The number of hydrogen-bond acceptors (Lipinski definition) is 7. The van der Waals surface area contributed by atoms with Crippen molar-refractivity contribution in [2.75, 3.05) is 13.2 Å². The van der Waals surface area contributed by atoms with Crippen LogP contribution in [-0.4, -0.2) is 37.5 Å². The third kappa shape index (κ3) is 8.51. The van der Waals surface area contributed by atoms with Gasteiger partial charge in [-0.05, 0) is 71.2 Å². The van der Waals surface area contributed by atoms with Crippen LogP contribution < -0.4 is 10.1 Å². The van der Waals surface area contributed by atoms with Crippen LogP contribution in [0.1, 0.15) is 51.3 Å². The second-order valence-electron chi connectivity index (χ2n) is 9.98. The molecule has 0 aliphatic rings. The van der Waals surface area contributed by atoms with Crippen molar-refractivity contribution in [1.29, 1.82) is 0 Å². The van der Waals surface area contributed by atoms with E-state index in [0.717, 1.165) is 6.07 Å². The number of benzene rings is 2. The van der Waals surface area contributed by atoms with E-state index in [4.69, 9.17) is 18.6 Å². The summed E-state index contributed by atoms with van der Waals surface area (Å²) in [6.45, 7) is 12.3. The SMILES string of the molecule is C=N/C(=C\C(=C/C)c1cc(COc2cc(F)ccc2CC(=O)OCC)c(F)c2ccoc12)CNC(=O)OC(C)(C)C. The van der Waals surface area contributed by atoms with Crippen molar-refractivity contribution in [3.05, 3.63) is 82.8 Å². The van der Waals surface area contributed by atoms with Crippen molar-refractivity contribution in [2.45, 2.75) is 53.2 Å². The van der Waals surface area contributed by atoms with Crippen LogP contribution in [0.5, 0.6) is 5.75 Å². The number of allylic oxidation sites excluding steroid dienone is 3. The van der Waals surface area contributed by atoms with Crippen LogP contribution >= 0.6 is 0 Å². The first kappa shape index (κ1) is 31.1. The molecule has 3 rings (SSSR count). The summed E-state index contributed by atoms with van der Waals surface area (Å²) in [7, 11) is 0. The number of fused-ring (bicyclic) bond motifs is 1. The summed E-state index contributed by atoms with van der Waals surface area (Å²) in [5.41, 5.74) is 1.80. The van der Waals surface area contributed by atoms with Gasteiger partial charge in [-0.1, -0.05) is 12.1 Å². The van der Waals surface area contributed by atoms with E-state index in [-0.39, 0.29) is 42.9 Å². The number of carbonyl (C=O) groups is 2. The molecule has 0 spiro atoms. The molecule has 1 heterocycles. The fraction of sp³-hybridized carbons (Fsp3) is 0.323. The molecule has 0 aliphatic carbocycles. The van der Waals surface area contributed by atoms with E-state index in [1.807, 2.05) is 0 Å². The summed E-state index contributed by atoms with van der Waals surface area (Å²) in [6, 6.07) is 6.86. The smallest absolute Gasteiger partial charge is 0.407 e. The first-order valence-corrected chi connectivity index (χ1v) is 13.0. The molecule has 1 N–H and O–H groups in total. The number of hydrogen-bond donors (Lipinski definition) is 1. The summed E-state index contributed by atoms with van der Waals surface area (Å²) in [5, 5.41) is 2.86. The van der Waals surface area contributed by atoms with Crippen LogP contribution in [0.3, 0.4) is 0 Å². The van der Waals surface area contributed by atoms with Crippen molar-refractivity contribution in [2.24, 2.45) is 4.99 Å². The molecule has 10 heteroatoms. The molecule has 0 radical (unpaired) electrons. The van der Waals surface area contributed by atoms with Gasteiger partial charge in [0.1, 0.15) is 35.2 Å². The van der Waals surface area contributed by atoms with Gasteiger partial charge >= 0.3 is 12.1 Å². The quantitative estimate of drug-likeness (QED) is 0.153. The molecule has 3 aromatic rings. The number of nitrogens with one attached hydrogen (secondary N) is 1. The average molecular weight is 569 g/mol. The van der Waals surface area contributed by atoms with Crippen LogP contribution in [0.2, 0.25) is 0 Å². The lowest BCUT2D eigenvalue weighted by Gasteiger charge is -2.19. The van der Waals surface area contributed by atoms with E-state index in [0.29, 0.717) is 28.0 Å². The molecule has 0 atom stereocenters. The molecule has 0 unspecified atom stereocenters. The molecule has 0 aliphatic heterocycles. The minimum Gasteiger partial charge on any atom is -0.488 e. The van der Waals surface area contributed by atoms with Crippen LogP contribution in [-0.2, 0) is 27.3 Å². The number of rotatable bonds is 11. The second-order valence-corrected chi connectivity index (χ2v) is 9.98. The molecular formula is C31H34F2N2O6. The Bertz CT molecular complexity index is 1480.